The molecule has 0 aliphatic carbocycles. The number of anilines is 1. The number of aromatic nitrogens is 1. The van der Waals surface area contributed by atoms with E-state index in [2.05, 4.69) is 20.9 Å². The van der Waals surface area contributed by atoms with Gasteiger partial charge in [0.05, 0.1) is 11.6 Å². The lowest BCUT2D eigenvalue weighted by molar-refractivity contribution is -0.132. The molecule has 0 spiro atoms. The molecule has 0 saturated carbocycles. The molecule has 134 valence electrons. The molecule has 0 unspecified atom stereocenters. The van der Waals surface area contributed by atoms with E-state index in [-0.39, 0.29) is 11.3 Å². The van der Waals surface area contributed by atoms with Crippen molar-refractivity contribution in [3.63, 3.8) is 0 Å². The van der Waals surface area contributed by atoms with Gasteiger partial charge in [0.2, 0.25) is 0 Å². The Labute approximate surface area is 167 Å². The van der Waals surface area contributed by atoms with E-state index in [1.165, 1.54) is 16.2 Å². The van der Waals surface area contributed by atoms with Crippen molar-refractivity contribution >= 4 is 49.8 Å². The number of benzene rings is 2. The van der Waals surface area contributed by atoms with E-state index in [4.69, 9.17) is 0 Å². The first-order valence-corrected chi connectivity index (χ1v) is 9.76. The van der Waals surface area contributed by atoms with Crippen LogP contribution in [0.2, 0.25) is 0 Å². The Balaban J connectivity index is 1.93. The number of thiazole rings is 1. The molecule has 0 bridgehead atoms. The molecule has 1 fully saturated rings. The van der Waals surface area contributed by atoms with Gasteiger partial charge in [0.1, 0.15) is 5.76 Å². The summed E-state index contributed by atoms with van der Waals surface area (Å²) in [7, 11) is 0. The Morgan fingerprint density at radius 2 is 1.78 bits per heavy atom. The van der Waals surface area contributed by atoms with Gasteiger partial charge in [-0.05, 0) is 17.7 Å². The quantitative estimate of drug-likeness (QED) is 0.368. The minimum Gasteiger partial charge on any atom is -0.507 e. The maximum Gasteiger partial charge on any atom is 0.301 e. The maximum atomic E-state index is 12.8. The molecule has 1 aromatic heterocycles. The number of nitrogens with zero attached hydrogens (tertiary/aromatic N) is 2. The van der Waals surface area contributed by atoms with Gasteiger partial charge in [0.25, 0.3) is 5.78 Å². The van der Waals surface area contributed by atoms with Crippen molar-refractivity contribution in [2.45, 2.75) is 6.04 Å². The highest BCUT2D eigenvalue weighted by Crippen LogP contribution is 2.42. The van der Waals surface area contributed by atoms with Gasteiger partial charge in [-0.25, -0.2) is 4.98 Å². The van der Waals surface area contributed by atoms with Crippen molar-refractivity contribution in [2.75, 3.05) is 4.90 Å². The zero-order chi connectivity index (χ0) is 19.0. The maximum absolute atomic E-state index is 12.8. The average Bonchev–Trinajstić information content (AvgIpc) is 3.30. The highest BCUT2D eigenvalue weighted by atomic mass is 79.9. The molecule has 1 atom stereocenters. The lowest BCUT2D eigenvalue weighted by atomic mass is 9.95. The van der Waals surface area contributed by atoms with Crippen molar-refractivity contribution in [3.8, 4) is 0 Å². The molecule has 1 N–H and O–H groups in total. The number of hydrogen-bond acceptors (Lipinski definition) is 5. The summed E-state index contributed by atoms with van der Waals surface area (Å²) >= 11 is 4.62. The Kier molecular flexibility index (Phi) is 4.63. The topological polar surface area (TPSA) is 70.5 Å². The second kappa shape index (κ2) is 7.09. The van der Waals surface area contributed by atoms with Crippen LogP contribution in [0.5, 0.6) is 0 Å². The van der Waals surface area contributed by atoms with E-state index in [1.54, 1.807) is 35.8 Å². The van der Waals surface area contributed by atoms with Gasteiger partial charge in [-0.3, -0.25) is 14.5 Å². The highest BCUT2D eigenvalue weighted by Gasteiger charge is 2.47. The zero-order valence-corrected chi connectivity index (χ0v) is 16.3. The van der Waals surface area contributed by atoms with Crippen molar-refractivity contribution in [2.24, 2.45) is 0 Å². The van der Waals surface area contributed by atoms with Gasteiger partial charge < -0.3 is 5.11 Å². The zero-order valence-electron chi connectivity index (χ0n) is 13.9. The summed E-state index contributed by atoms with van der Waals surface area (Å²) in [6, 6.07) is 15.4. The summed E-state index contributed by atoms with van der Waals surface area (Å²) in [5.41, 5.74) is 1.26. The minimum atomic E-state index is -0.735. The van der Waals surface area contributed by atoms with Crippen LogP contribution in [0.4, 0.5) is 5.13 Å². The first kappa shape index (κ1) is 17.6. The van der Waals surface area contributed by atoms with Crippen molar-refractivity contribution < 1.29 is 14.7 Å². The molecule has 7 heteroatoms. The minimum absolute atomic E-state index is 0.0590. The van der Waals surface area contributed by atoms with Gasteiger partial charge in [-0.1, -0.05) is 58.4 Å². The first-order chi connectivity index (χ1) is 13.1. The van der Waals surface area contributed by atoms with E-state index >= 15 is 0 Å². The summed E-state index contributed by atoms with van der Waals surface area (Å²) in [6.07, 6.45) is 1.58. The number of carbonyl (C=O) groups is 2. The Hall–Kier alpha value is -2.77. The van der Waals surface area contributed by atoms with E-state index in [0.29, 0.717) is 10.7 Å². The van der Waals surface area contributed by atoms with Crippen molar-refractivity contribution in [1.29, 1.82) is 0 Å². The molecule has 3 aromatic rings. The van der Waals surface area contributed by atoms with Gasteiger partial charge >= 0.3 is 5.91 Å². The van der Waals surface area contributed by atoms with Crippen molar-refractivity contribution in [3.05, 3.63) is 87.3 Å². The fourth-order valence-electron chi connectivity index (χ4n) is 3.08. The Bertz CT molecular complexity index is 1030. The fraction of sp³-hybridized carbons (Fsp3) is 0.0500. The molecule has 2 heterocycles. The number of hydrogen-bond donors (Lipinski definition) is 1. The average molecular weight is 441 g/mol. The van der Waals surface area contributed by atoms with Crippen LogP contribution < -0.4 is 4.90 Å². The van der Waals surface area contributed by atoms with E-state index in [9.17, 15) is 14.7 Å². The fourth-order valence-corrected chi connectivity index (χ4v) is 4.01. The summed E-state index contributed by atoms with van der Waals surface area (Å²) in [6.45, 7) is 0. The van der Waals surface area contributed by atoms with Gasteiger partial charge in [-0.15, -0.1) is 11.3 Å². The molecule has 2 aromatic carbocycles. The lowest BCUT2D eigenvalue weighted by Crippen LogP contribution is -2.29. The molecule has 0 radical (unpaired) electrons. The Morgan fingerprint density at radius 1 is 1.07 bits per heavy atom. The number of carbonyl (C=O) groups excluding carboxylic acids is 2. The van der Waals surface area contributed by atoms with Crippen LogP contribution in [-0.4, -0.2) is 21.8 Å². The number of ketones is 1. The number of halogens is 1. The van der Waals surface area contributed by atoms with Crippen LogP contribution in [0.25, 0.3) is 5.76 Å². The van der Waals surface area contributed by atoms with Gasteiger partial charge in [0.15, 0.2) is 5.13 Å². The standard InChI is InChI=1S/C20H13BrN2O3S/c21-14-8-6-13(7-9-14)17(24)15-16(12-4-2-1-3-5-12)23(19(26)18(15)25)20-22-10-11-27-20/h1-11,16,24H/b17-15+/t16-/m1/s1. The molecule has 1 saturated heterocycles. The molecule has 4 rings (SSSR count). The van der Waals surface area contributed by atoms with E-state index < -0.39 is 17.7 Å². The molecule has 27 heavy (non-hydrogen) atoms. The largest absolute Gasteiger partial charge is 0.507 e. The third-order valence-electron chi connectivity index (χ3n) is 4.30. The number of amides is 1. The monoisotopic (exact) mass is 440 g/mol. The van der Waals surface area contributed by atoms with Crippen LogP contribution >= 0.6 is 27.3 Å². The molecule has 1 aliphatic heterocycles. The molecule has 5 nitrogen and oxygen atoms in total. The van der Waals surface area contributed by atoms with Crippen molar-refractivity contribution in [1.82, 2.24) is 4.98 Å². The number of Topliss-reactive ketones (excluding diaryl/α,β-unsaturated/α-hetero) is 1. The summed E-state index contributed by atoms with van der Waals surface area (Å²) in [5, 5.41) is 13.1. The second-order valence-corrected chi connectivity index (χ2v) is 7.69. The molecule has 1 amide bonds. The smallest absolute Gasteiger partial charge is 0.301 e. The van der Waals surface area contributed by atoms with Crippen LogP contribution in [0, 0.1) is 0 Å². The molecular weight excluding hydrogens is 428 g/mol. The lowest BCUT2D eigenvalue weighted by Gasteiger charge is -2.22. The Morgan fingerprint density at radius 3 is 2.41 bits per heavy atom. The highest BCUT2D eigenvalue weighted by molar-refractivity contribution is 9.10. The normalized spacial score (nSPS) is 18.9. The first-order valence-electron chi connectivity index (χ1n) is 8.09. The van der Waals surface area contributed by atoms with Crippen LogP contribution in [0.15, 0.2) is 76.2 Å². The second-order valence-electron chi connectivity index (χ2n) is 5.90. The van der Waals surface area contributed by atoms with Gasteiger partial charge in [-0.2, -0.15) is 0 Å². The number of aliphatic hydroxyl groups is 1. The van der Waals surface area contributed by atoms with E-state index in [1.807, 2.05) is 30.3 Å². The summed E-state index contributed by atoms with van der Waals surface area (Å²) in [4.78, 5) is 31.2. The van der Waals surface area contributed by atoms with Crippen LogP contribution in [0.1, 0.15) is 17.2 Å². The SMILES string of the molecule is O=C1C(=O)N(c2nccs2)[C@H](c2ccccc2)/C1=C(\O)c1ccc(Br)cc1. The molecular formula is C20H13BrN2O3S. The predicted molar refractivity (Wildman–Crippen MR) is 107 cm³/mol. The third kappa shape index (κ3) is 3.09. The number of aliphatic hydroxyl groups excluding tert-OH is 1. The predicted octanol–water partition coefficient (Wildman–Crippen LogP) is 4.53. The summed E-state index contributed by atoms with van der Waals surface area (Å²) < 4.78 is 0.849. The molecule has 1 aliphatic rings. The summed E-state index contributed by atoms with van der Waals surface area (Å²) in [5.74, 6) is -1.62. The number of rotatable bonds is 3. The van der Waals surface area contributed by atoms with Crippen LogP contribution in [-0.2, 0) is 9.59 Å². The van der Waals surface area contributed by atoms with Crippen LogP contribution in [0.3, 0.4) is 0 Å². The third-order valence-corrected chi connectivity index (χ3v) is 5.60. The van der Waals surface area contributed by atoms with Gasteiger partial charge in [0, 0.05) is 21.6 Å². The van der Waals surface area contributed by atoms with E-state index in [0.717, 1.165) is 10.0 Å².